The summed E-state index contributed by atoms with van der Waals surface area (Å²) in [5, 5.41) is 0. The van der Waals surface area contributed by atoms with Crippen molar-refractivity contribution >= 4 is 45.5 Å². The second kappa shape index (κ2) is 18.5. The van der Waals surface area contributed by atoms with E-state index in [1.54, 1.807) is 0 Å². The first kappa shape index (κ1) is 38.3. The Kier molecular flexibility index (Phi) is 12.0. The quantitative estimate of drug-likeness (QED) is 0.102. The fourth-order valence-corrected chi connectivity index (χ4v) is 7.35. The van der Waals surface area contributed by atoms with Crippen LogP contribution in [0.25, 0.3) is 22.3 Å². The van der Waals surface area contributed by atoms with Gasteiger partial charge >= 0.3 is 0 Å². The first-order chi connectivity index (χ1) is 29.2. The van der Waals surface area contributed by atoms with Crippen LogP contribution >= 0.6 is 0 Å². The SMILES string of the molecule is C=C(/C=C\C=C/CC)N(c1ccc(-c2ccc(N(c3ccccc3)c3ccccc3)cc2)cc1)c1ccc(-c2ccc(N(c3ccccc3)c3ccccc3)cc2)cc1. The third-order valence-electron chi connectivity index (χ3n) is 10.3. The average molecular weight is 762 g/mol. The minimum absolute atomic E-state index is 0.879. The molecule has 0 aliphatic rings. The molecule has 0 aliphatic heterocycles. The van der Waals surface area contributed by atoms with Crippen LogP contribution in [0.15, 0.2) is 255 Å². The Morgan fingerprint density at radius 2 is 0.627 bits per heavy atom. The van der Waals surface area contributed by atoms with Crippen LogP contribution < -0.4 is 14.7 Å². The lowest BCUT2D eigenvalue weighted by Gasteiger charge is -2.26. The summed E-state index contributed by atoms with van der Waals surface area (Å²) in [6.07, 6.45) is 9.34. The molecule has 0 amide bonds. The summed E-state index contributed by atoms with van der Waals surface area (Å²) in [5.74, 6) is 0. The van der Waals surface area contributed by atoms with Gasteiger partial charge in [-0.2, -0.15) is 0 Å². The van der Waals surface area contributed by atoms with Gasteiger partial charge in [-0.1, -0.05) is 153 Å². The number of nitrogens with zero attached hydrogens (tertiary/aromatic N) is 3. The standard InChI is InChI=1S/C56H47N3/c1-3-4-5-10-19-44(2)57(53-36-28-45(29-37-53)47-32-40-55(41-33-47)58(49-20-11-6-12-21-49)50-22-13-7-14-23-50)54-38-30-46(31-39-54)48-34-42-56(43-35-48)59(51-24-15-8-16-25-51)52-26-17-9-18-27-52/h4-43H,2-3H2,1H3/b5-4-,19-10-. The van der Waals surface area contributed by atoms with E-state index in [1.165, 1.54) is 0 Å². The van der Waals surface area contributed by atoms with Gasteiger partial charge in [-0.25, -0.2) is 0 Å². The lowest BCUT2D eigenvalue weighted by Crippen LogP contribution is -2.14. The Morgan fingerprint density at radius 1 is 0.356 bits per heavy atom. The lowest BCUT2D eigenvalue weighted by molar-refractivity contribution is 1.21. The fourth-order valence-electron chi connectivity index (χ4n) is 7.35. The Labute approximate surface area is 349 Å². The van der Waals surface area contributed by atoms with Crippen LogP contribution in [0.5, 0.6) is 0 Å². The number of hydrogen-bond donors (Lipinski definition) is 0. The maximum absolute atomic E-state index is 4.51. The molecule has 0 radical (unpaired) electrons. The summed E-state index contributed by atoms with van der Waals surface area (Å²) < 4.78 is 0. The van der Waals surface area contributed by atoms with Crippen molar-refractivity contribution in [3.63, 3.8) is 0 Å². The van der Waals surface area contributed by atoms with Gasteiger partial charge in [0.1, 0.15) is 0 Å². The molecule has 59 heavy (non-hydrogen) atoms. The largest absolute Gasteiger partial charge is 0.311 e. The second-order valence-corrected chi connectivity index (χ2v) is 14.2. The molecule has 0 aromatic heterocycles. The highest BCUT2D eigenvalue weighted by Gasteiger charge is 2.16. The third-order valence-corrected chi connectivity index (χ3v) is 10.3. The van der Waals surface area contributed by atoms with E-state index in [-0.39, 0.29) is 0 Å². The molecule has 0 fully saturated rings. The smallest absolute Gasteiger partial charge is 0.0462 e. The number of rotatable bonds is 14. The van der Waals surface area contributed by atoms with Crippen molar-refractivity contribution in [1.82, 2.24) is 0 Å². The van der Waals surface area contributed by atoms with Crippen LogP contribution in [0.2, 0.25) is 0 Å². The van der Waals surface area contributed by atoms with Gasteiger partial charge < -0.3 is 14.7 Å². The second-order valence-electron chi connectivity index (χ2n) is 14.2. The van der Waals surface area contributed by atoms with E-state index < -0.39 is 0 Å². The van der Waals surface area contributed by atoms with Crippen molar-refractivity contribution in [2.24, 2.45) is 0 Å². The van der Waals surface area contributed by atoms with Gasteiger partial charge in [0.15, 0.2) is 0 Å². The number of benzene rings is 8. The average Bonchev–Trinajstić information content (AvgIpc) is 3.31. The molecule has 0 heterocycles. The molecule has 286 valence electrons. The molecule has 0 saturated carbocycles. The molecule has 0 N–H and O–H groups in total. The maximum Gasteiger partial charge on any atom is 0.0462 e. The normalized spacial score (nSPS) is 11.1. The number of anilines is 8. The number of hydrogen-bond acceptors (Lipinski definition) is 3. The molecule has 3 heteroatoms. The molecule has 0 bridgehead atoms. The highest BCUT2D eigenvalue weighted by Crippen LogP contribution is 2.38. The zero-order valence-electron chi connectivity index (χ0n) is 33.3. The minimum Gasteiger partial charge on any atom is -0.311 e. The van der Waals surface area contributed by atoms with Gasteiger partial charge in [0.25, 0.3) is 0 Å². The van der Waals surface area contributed by atoms with Crippen molar-refractivity contribution in [2.45, 2.75) is 13.3 Å². The molecule has 8 aromatic rings. The van der Waals surface area contributed by atoms with Crippen LogP contribution in [-0.2, 0) is 0 Å². The summed E-state index contributed by atoms with van der Waals surface area (Å²) in [7, 11) is 0. The van der Waals surface area contributed by atoms with Gasteiger partial charge in [0.05, 0.1) is 0 Å². The van der Waals surface area contributed by atoms with Crippen LogP contribution in [0, 0.1) is 0 Å². The molecule has 0 aliphatic carbocycles. The topological polar surface area (TPSA) is 9.72 Å². The predicted molar refractivity (Wildman–Crippen MR) is 253 cm³/mol. The van der Waals surface area contributed by atoms with Crippen LogP contribution in [-0.4, -0.2) is 0 Å². The predicted octanol–water partition coefficient (Wildman–Crippen LogP) is 16.1. The number of allylic oxidation sites excluding steroid dienone is 4. The van der Waals surface area contributed by atoms with Gasteiger partial charge in [-0.3, -0.25) is 0 Å². The molecular weight excluding hydrogens is 715 g/mol. The summed E-state index contributed by atoms with van der Waals surface area (Å²) in [6, 6.07) is 77.1. The maximum atomic E-state index is 4.51. The molecule has 0 unspecified atom stereocenters. The molecule has 8 aromatic carbocycles. The van der Waals surface area contributed by atoms with Gasteiger partial charge in [-0.15, -0.1) is 0 Å². The van der Waals surface area contributed by atoms with Crippen LogP contribution in [0.3, 0.4) is 0 Å². The van der Waals surface area contributed by atoms with Crippen molar-refractivity contribution in [1.29, 1.82) is 0 Å². The monoisotopic (exact) mass is 761 g/mol. The van der Waals surface area contributed by atoms with E-state index >= 15 is 0 Å². The Balaban J connectivity index is 1.05. The van der Waals surface area contributed by atoms with E-state index in [0.717, 1.165) is 79.9 Å². The molecular formula is C56H47N3. The van der Waals surface area contributed by atoms with Crippen molar-refractivity contribution < 1.29 is 0 Å². The Bertz CT molecular complexity index is 2350. The van der Waals surface area contributed by atoms with E-state index in [1.807, 2.05) is 0 Å². The van der Waals surface area contributed by atoms with E-state index in [0.29, 0.717) is 0 Å². The van der Waals surface area contributed by atoms with Crippen LogP contribution in [0.1, 0.15) is 13.3 Å². The summed E-state index contributed by atoms with van der Waals surface area (Å²) in [6.45, 7) is 6.65. The molecule has 0 saturated heterocycles. The van der Waals surface area contributed by atoms with E-state index in [2.05, 4.69) is 271 Å². The summed E-state index contributed by atoms with van der Waals surface area (Å²) >= 11 is 0. The molecule has 3 nitrogen and oxygen atoms in total. The van der Waals surface area contributed by atoms with Gasteiger partial charge in [0, 0.05) is 51.2 Å². The summed E-state index contributed by atoms with van der Waals surface area (Å²) in [4.78, 5) is 6.78. The zero-order chi connectivity index (χ0) is 40.2. The van der Waals surface area contributed by atoms with Crippen molar-refractivity contribution in [3.8, 4) is 22.3 Å². The van der Waals surface area contributed by atoms with Crippen LogP contribution in [0.4, 0.5) is 45.5 Å². The Morgan fingerprint density at radius 3 is 0.915 bits per heavy atom. The van der Waals surface area contributed by atoms with Crippen molar-refractivity contribution in [2.75, 3.05) is 14.7 Å². The molecule has 0 atom stereocenters. The highest BCUT2D eigenvalue weighted by atomic mass is 15.2. The number of para-hydroxylation sites is 4. The minimum atomic E-state index is 0.879. The summed E-state index contributed by atoms with van der Waals surface area (Å²) in [5.41, 5.74) is 14.3. The highest BCUT2D eigenvalue weighted by molar-refractivity contribution is 5.81. The third kappa shape index (κ3) is 9.01. The van der Waals surface area contributed by atoms with E-state index in [9.17, 15) is 0 Å². The van der Waals surface area contributed by atoms with Gasteiger partial charge in [0.2, 0.25) is 0 Å². The lowest BCUT2D eigenvalue weighted by atomic mass is 10.0. The Hall–Kier alpha value is -7.62. The first-order valence-corrected chi connectivity index (χ1v) is 20.2. The fraction of sp³-hybridized carbons (Fsp3) is 0.0357. The van der Waals surface area contributed by atoms with Crippen molar-refractivity contribution in [3.05, 3.63) is 255 Å². The zero-order valence-corrected chi connectivity index (χ0v) is 33.3. The van der Waals surface area contributed by atoms with Gasteiger partial charge in [-0.05, 0) is 132 Å². The molecule has 0 spiro atoms. The molecule has 8 rings (SSSR count). The van der Waals surface area contributed by atoms with E-state index in [4.69, 9.17) is 0 Å². The first-order valence-electron chi connectivity index (χ1n) is 20.2.